The number of alkyl carbamates (subject to hydrolysis) is 1. The first-order chi connectivity index (χ1) is 19.9. The monoisotopic (exact) mass is 571 g/mol. The molecule has 0 aliphatic heterocycles. The Morgan fingerprint density at radius 1 is 0.976 bits per heavy atom. The minimum atomic E-state index is -0.874. The van der Waals surface area contributed by atoms with E-state index in [1.165, 1.54) is 0 Å². The van der Waals surface area contributed by atoms with Crippen molar-refractivity contribution < 1.29 is 19.1 Å². The lowest BCUT2D eigenvalue weighted by Crippen LogP contribution is -2.58. The van der Waals surface area contributed by atoms with Gasteiger partial charge < -0.3 is 20.3 Å². The van der Waals surface area contributed by atoms with Crippen LogP contribution in [0.3, 0.4) is 0 Å². The summed E-state index contributed by atoms with van der Waals surface area (Å²) in [6.07, 6.45) is 2.61. The smallest absolute Gasteiger partial charge is 0.408 e. The Morgan fingerprint density at radius 3 is 2.29 bits per heavy atom. The fourth-order valence-corrected chi connectivity index (χ4v) is 5.43. The van der Waals surface area contributed by atoms with Crippen LogP contribution in [0.15, 0.2) is 60.7 Å². The molecule has 3 unspecified atom stereocenters. The molecule has 3 aromatic rings. The topological polar surface area (TPSA) is 87.7 Å². The summed E-state index contributed by atoms with van der Waals surface area (Å²) >= 11 is 0. The van der Waals surface area contributed by atoms with Crippen LogP contribution in [0.1, 0.15) is 83.0 Å². The van der Waals surface area contributed by atoms with Gasteiger partial charge in [0.25, 0.3) is 5.91 Å². The van der Waals surface area contributed by atoms with Crippen molar-refractivity contribution >= 4 is 34.4 Å². The van der Waals surface area contributed by atoms with E-state index in [-0.39, 0.29) is 23.8 Å². The normalized spacial score (nSPS) is 15.7. The number of benzene rings is 3. The number of fused-ring (bicyclic) bond motifs is 1. The summed E-state index contributed by atoms with van der Waals surface area (Å²) in [4.78, 5) is 43.6. The Morgan fingerprint density at radius 2 is 1.67 bits per heavy atom. The van der Waals surface area contributed by atoms with Crippen molar-refractivity contribution in [1.82, 2.24) is 10.2 Å². The van der Waals surface area contributed by atoms with E-state index < -0.39 is 23.8 Å². The highest BCUT2D eigenvalue weighted by Crippen LogP contribution is 2.37. The van der Waals surface area contributed by atoms with Crippen LogP contribution in [-0.4, -0.2) is 40.5 Å². The highest BCUT2D eigenvalue weighted by atomic mass is 16.6. The third-order valence-corrected chi connectivity index (χ3v) is 8.36. The number of rotatable bonds is 9. The van der Waals surface area contributed by atoms with E-state index in [0.29, 0.717) is 12.1 Å². The van der Waals surface area contributed by atoms with Crippen LogP contribution in [0.25, 0.3) is 10.8 Å². The van der Waals surface area contributed by atoms with Gasteiger partial charge in [0, 0.05) is 11.7 Å². The number of aryl methyl sites for hydroxylation is 1. The fraction of sp³-hybridized carbons (Fsp3) is 0.457. The van der Waals surface area contributed by atoms with Crippen LogP contribution in [0.4, 0.5) is 10.5 Å². The summed E-state index contributed by atoms with van der Waals surface area (Å²) in [7, 11) is 0. The number of nitrogens with zero attached hydrogens (tertiary/aromatic N) is 1. The molecular weight excluding hydrogens is 526 g/mol. The minimum absolute atomic E-state index is 0.114. The molecule has 7 heteroatoms. The van der Waals surface area contributed by atoms with E-state index in [0.717, 1.165) is 46.7 Å². The van der Waals surface area contributed by atoms with Crippen molar-refractivity contribution in [3.05, 3.63) is 77.4 Å². The molecule has 42 heavy (non-hydrogen) atoms. The molecule has 1 saturated carbocycles. The van der Waals surface area contributed by atoms with Gasteiger partial charge in [-0.15, -0.1) is 0 Å². The number of hydrogen-bond donors (Lipinski definition) is 2. The third-order valence-electron chi connectivity index (χ3n) is 8.36. The molecule has 224 valence electrons. The van der Waals surface area contributed by atoms with Crippen molar-refractivity contribution in [3.63, 3.8) is 0 Å². The Balaban J connectivity index is 1.76. The summed E-state index contributed by atoms with van der Waals surface area (Å²) in [6.45, 7) is 13.3. The predicted octanol–water partition coefficient (Wildman–Crippen LogP) is 7.46. The maximum atomic E-state index is 14.6. The van der Waals surface area contributed by atoms with Crippen LogP contribution in [0.2, 0.25) is 0 Å². The molecule has 3 atom stereocenters. The lowest BCUT2D eigenvalue weighted by atomic mass is 9.85. The third kappa shape index (κ3) is 7.12. The number of ether oxygens (including phenoxy) is 1. The molecule has 2 N–H and O–H groups in total. The lowest BCUT2D eigenvalue weighted by Gasteiger charge is -2.44. The van der Waals surface area contributed by atoms with Gasteiger partial charge in [0.1, 0.15) is 17.7 Å². The number of carbonyl (C=O) groups is 3. The van der Waals surface area contributed by atoms with Crippen LogP contribution in [0, 0.1) is 19.8 Å². The number of amides is 3. The molecule has 0 heterocycles. The van der Waals surface area contributed by atoms with Crippen molar-refractivity contribution in [2.24, 2.45) is 5.92 Å². The summed E-state index contributed by atoms with van der Waals surface area (Å²) in [5.74, 6) is -0.714. The Labute approximate surface area is 250 Å². The zero-order chi connectivity index (χ0) is 30.6. The molecule has 4 rings (SSSR count). The van der Waals surface area contributed by atoms with E-state index in [1.807, 2.05) is 88.4 Å². The van der Waals surface area contributed by atoms with Crippen LogP contribution >= 0.6 is 0 Å². The fourth-order valence-electron chi connectivity index (χ4n) is 5.43. The molecule has 0 bridgehead atoms. The van der Waals surface area contributed by atoms with Gasteiger partial charge in [0.05, 0.1) is 0 Å². The summed E-state index contributed by atoms with van der Waals surface area (Å²) < 4.78 is 5.54. The van der Waals surface area contributed by atoms with E-state index in [4.69, 9.17) is 4.74 Å². The van der Waals surface area contributed by atoms with Crippen molar-refractivity contribution in [3.8, 4) is 0 Å². The van der Waals surface area contributed by atoms with Crippen molar-refractivity contribution in [1.29, 1.82) is 0 Å². The van der Waals surface area contributed by atoms with E-state index in [1.54, 1.807) is 25.7 Å². The lowest BCUT2D eigenvalue weighted by molar-refractivity contribution is -0.147. The second kappa shape index (κ2) is 13.0. The van der Waals surface area contributed by atoms with Gasteiger partial charge in [-0.25, -0.2) is 4.79 Å². The zero-order valence-corrected chi connectivity index (χ0v) is 26.0. The van der Waals surface area contributed by atoms with E-state index in [2.05, 4.69) is 10.6 Å². The molecule has 7 nitrogen and oxygen atoms in total. The Hall–Kier alpha value is -3.87. The molecule has 3 aromatic carbocycles. The summed E-state index contributed by atoms with van der Waals surface area (Å²) in [6, 6.07) is 17.9. The molecule has 0 saturated heterocycles. The summed E-state index contributed by atoms with van der Waals surface area (Å²) in [5, 5.41) is 8.09. The van der Waals surface area contributed by atoms with Gasteiger partial charge in [-0.3, -0.25) is 9.59 Å². The summed E-state index contributed by atoms with van der Waals surface area (Å²) in [5.41, 5.74) is 2.76. The highest BCUT2D eigenvalue weighted by Gasteiger charge is 2.43. The quantitative estimate of drug-likeness (QED) is 0.279. The van der Waals surface area contributed by atoms with Gasteiger partial charge >= 0.3 is 6.09 Å². The predicted molar refractivity (Wildman–Crippen MR) is 168 cm³/mol. The average molecular weight is 572 g/mol. The van der Waals surface area contributed by atoms with Gasteiger partial charge in [-0.05, 0) is 99.4 Å². The van der Waals surface area contributed by atoms with Crippen LogP contribution < -0.4 is 10.6 Å². The maximum Gasteiger partial charge on any atom is 0.408 e. The van der Waals surface area contributed by atoms with Gasteiger partial charge in [-0.2, -0.15) is 0 Å². The molecule has 3 amide bonds. The first-order valence-electron chi connectivity index (χ1n) is 15.1. The number of anilines is 1. The Bertz CT molecular complexity index is 1440. The Kier molecular flexibility index (Phi) is 9.60. The van der Waals surface area contributed by atoms with E-state index >= 15 is 0 Å². The van der Waals surface area contributed by atoms with Crippen molar-refractivity contribution in [2.75, 3.05) is 5.32 Å². The van der Waals surface area contributed by atoms with Crippen LogP contribution in [-0.2, 0) is 14.3 Å². The van der Waals surface area contributed by atoms with Gasteiger partial charge in [0.15, 0.2) is 0 Å². The molecule has 0 radical (unpaired) electrons. The first-order valence-corrected chi connectivity index (χ1v) is 15.1. The number of nitrogens with one attached hydrogen (secondary N) is 2. The molecular formula is C35H45N3O4. The molecule has 0 aromatic heterocycles. The number of carbonyl (C=O) groups excluding carboxylic acids is 3. The van der Waals surface area contributed by atoms with E-state index in [9.17, 15) is 14.4 Å². The molecule has 1 fully saturated rings. The minimum Gasteiger partial charge on any atom is -0.444 e. The van der Waals surface area contributed by atoms with Gasteiger partial charge in [-0.1, -0.05) is 68.8 Å². The average Bonchev–Trinajstić information content (AvgIpc) is 2.90. The van der Waals surface area contributed by atoms with Crippen LogP contribution in [0.5, 0.6) is 0 Å². The van der Waals surface area contributed by atoms with Gasteiger partial charge in [0.2, 0.25) is 5.91 Å². The number of hydrogen-bond acceptors (Lipinski definition) is 4. The van der Waals surface area contributed by atoms with Crippen molar-refractivity contribution in [2.45, 2.75) is 97.9 Å². The largest absolute Gasteiger partial charge is 0.444 e. The molecule has 1 aliphatic carbocycles. The zero-order valence-electron chi connectivity index (χ0n) is 26.0. The standard InChI is InChI=1S/C35H45N3O4/c1-8-22(2)30(37-34(41)42-35(5,6)7)33(40)38(28-16-12-17-28)31(29-18-11-13-23(3)24(29)4)32(39)36-27-20-19-25-14-9-10-15-26(25)21-27/h9-11,13-15,18-22,28,30-31H,8,12,16-17H2,1-7H3,(H,36,39)(H,37,41). The SMILES string of the molecule is CCC(C)C(NC(=O)OC(C)(C)C)C(=O)N(C1CCC1)C(C(=O)Nc1ccc2ccccc2c1)c1cccc(C)c1C. The highest BCUT2D eigenvalue weighted by molar-refractivity contribution is 6.00. The molecule has 1 aliphatic rings. The maximum absolute atomic E-state index is 14.6. The first kappa shape index (κ1) is 31.1. The second-order valence-electron chi connectivity index (χ2n) is 12.6. The second-order valence-corrected chi connectivity index (χ2v) is 12.6. The molecule has 0 spiro atoms.